The molecule has 1 fully saturated rings. The van der Waals surface area contributed by atoms with Gasteiger partial charge in [-0.3, -0.25) is 14.4 Å². The normalized spacial score (nSPS) is 14.8. The van der Waals surface area contributed by atoms with Gasteiger partial charge in [-0.2, -0.15) is 0 Å². The molecule has 3 N–H and O–H groups in total. The Morgan fingerprint density at radius 3 is 2.52 bits per heavy atom. The number of carbonyl (C=O) groups excluding carboxylic acids is 1. The zero-order valence-electron chi connectivity index (χ0n) is 22.8. The second-order valence-electron chi connectivity index (χ2n) is 10.8. The second-order valence-corrected chi connectivity index (χ2v) is 14.5. The first-order valence-electron chi connectivity index (χ1n) is 13.1. The van der Waals surface area contributed by atoms with E-state index in [0.717, 1.165) is 59.1 Å². The van der Waals surface area contributed by atoms with Crippen molar-refractivity contribution in [3.8, 4) is 0 Å². The molecule has 0 saturated carbocycles. The lowest BCUT2D eigenvalue weighted by molar-refractivity contribution is 0.103. The molecular formula is C30H33BrN4O3S2. The van der Waals surface area contributed by atoms with Crippen molar-refractivity contribution in [2.24, 2.45) is 0 Å². The van der Waals surface area contributed by atoms with Crippen LogP contribution in [-0.4, -0.2) is 51.7 Å². The molecule has 3 aromatic carbocycles. The van der Waals surface area contributed by atoms with Gasteiger partial charge in [0.1, 0.15) is 0 Å². The molecule has 1 aliphatic heterocycles. The third-order valence-electron chi connectivity index (χ3n) is 7.19. The maximum atomic E-state index is 13.2. The minimum absolute atomic E-state index is 0.210. The van der Waals surface area contributed by atoms with Gasteiger partial charge in [-0.25, -0.2) is 8.42 Å². The number of sulfonamides is 1. The fourth-order valence-corrected chi connectivity index (χ4v) is 6.99. The molecule has 2 heterocycles. The van der Waals surface area contributed by atoms with Gasteiger partial charge < -0.3 is 10.6 Å². The van der Waals surface area contributed by atoms with Gasteiger partial charge in [0.25, 0.3) is 5.91 Å². The molecule has 0 atom stereocenters. The van der Waals surface area contributed by atoms with Crippen molar-refractivity contribution < 1.29 is 13.2 Å². The highest BCUT2D eigenvalue weighted by molar-refractivity contribution is 9.10. The van der Waals surface area contributed by atoms with E-state index in [1.165, 1.54) is 22.5 Å². The molecule has 210 valence electrons. The number of thiophene rings is 1. The summed E-state index contributed by atoms with van der Waals surface area (Å²) < 4.78 is 27.4. The molecule has 5 rings (SSSR count). The summed E-state index contributed by atoms with van der Waals surface area (Å²) in [5.41, 5.74) is 4.49. The molecule has 7 nitrogen and oxygen atoms in total. The lowest BCUT2D eigenvalue weighted by Gasteiger charge is -2.29. The molecule has 0 spiro atoms. The Kier molecular flexibility index (Phi) is 8.35. The van der Waals surface area contributed by atoms with Crippen molar-refractivity contribution in [2.45, 2.75) is 25.8 Å². The molecule has 10 heteroatoms. The Hall–Kier alpha value is -2.76. The highest BCUT2D eigenvalue weighted by Gasteiger charge is 2.25. The third-order valence-corrected chi connectivity index (χ3v) is 9.36. The van der Waals surface area contributed by atoms with Crippen molar-refractivity contribution in [2.75, 3.05) is 42.5 Å². The minimum Gasteiger partial charge on any atom is -0.321 e. The number of anilines is 2. The number of benzene rings is 3. The summed E-state index contributed by atoms with van der Waals surface area (Å²) in [5.74, 6) is -0.210. The molecule has 0 unspecified atom stereocenters. The van der Waals surface area contributed by atoms with Crippen molar-refractivity contribution in [1.29, 1.82) is 0 Å². The Labute approximate surface area is 248 Å². The van der Waals surface area contributed by atoms with E-state index in [1.54, 1.807) is 18.2 Å². The Balaban J connectivity index is 1.36. The van der Waals surface area contributed by atoms with Gasteiger partial charge in [0.05, 0.1) is 11.1 Å². The summed E-state index contributed by atoms with van der Waals surface area (Å²) in [6.07, 6.45) is 1.11. The molecular weight excluding hydrogens is 608 g/mol. The minimum atomic E-state index is -3.38. The van der Waals surface area contributed by atoms with Gasteiger partial charge in [0.2, 0.25) is 10.0 Å². The molecule has 40 heavy (non-hydrogen) atoms. The van der Waals surface area contributed by atoms with Crippen LogP contribution in [0.25, 0.3) is 10.1 Å². The molecule has 0 aliphatic carbocycles. The topological polar surface area (TPSA) is 90.5 Å². The molecule has 1 amide bonds. The fourth-order valence-electron chi connectivity index (χ4n) is 5.00. The summed E-state index contributed by atoms with van der Waals surface area (Å²) in [6, 6.07) is 21.9. The zero-order valence-corrected chi connectivity index (χ0v) is 26.0. The largest absolute Gasteiger partial charge is 0.321 e. The quantitative estimate of drug-likeness (QED) is 0.219. The van der Waals surface area contributed by atoms with Crippen molar-refractivity contribution >= 4 is 64.7 Å². The van der Waals surface area contributed by atoms with E-state index in [4.69, 9.17) is 0 Å². The van der Waals surface area contributed by atoms with Crippen LogP contribution in [0.5, 0.6) is 0 Å². The highest BCUT2D eigenvalue weighted by atomic mass is 79.9. The summed E-state index contributed by atoms with van der Waals surface area (Å²) in [5, 5.41) is 7.28. The number of amides is 1. The van der Waals surface area contributed by atoms with Gasteiger partial charge in [0.15, 0.2) is 0 Å². The summed E-state index contributed by atoms with van der Waals surface area (Å²) >= 11 is 5.02. The van der Waals surface area contributed by atoms with E-state index in [9.17, 15) is 13.2 Å². The van der Waals surface area contributed by atoms with Crippen LogP contribution in [0, 0.1) is 0 Å². The Bertz CT molecular complexity index is 1660. The maximum Gasteiger partial charge on any atom is 0.265 e. The van der Waals surface area contributed by atoms with E-state index in [-0.39, 0.29) is 11.3 Å². The van der Waals surface area contributed by atoms with Crippen molar-refractivity contribution in [1.82, 2.24) is 10.2 Å². The van der Waals surface area contributed by atoms with E-state index in [2.05, 4.69) is 80.4 Å². The number of halogens is 1. The van der Waals surface area contributed by atoms with Crippen LogP contribution in [0.1, 0.15) is 40.2 Å². The summed E-state index contributed by atoms with van der Waals surface area (Å²) in [4.78, 5) is 16.3. The molecule has 1 saturated heterocycles. The number of fused-ring (bicyclic) bond motifs is 1. The van der Waals surface area contributed by atoms with E-state index in [0.29, 0.717) is 16.3 Å². The fraction of sp³-hybridized carbons (Fsp3) is 0.300. The van der Waals surface area contributed by atoms with Gasteiger partial charge in [0, 0.05) is 58.7 Å². The second kappa shape index (κ2) is 11.6. The number of hydrogen-bond acceptors (Lipinski definition) is 6. The summed E-state index contributed by atoms with van der Waals surface area (Å²) in [6.45, 7) is 9.52. The average Bonchev–Trinajstić information content (AvgIpc) is 3.32. The summed E-state index contributed by atoms with van der Waals surface area (Å²) in [7, 11) is -3.38. The number of nitrogens with zero attached hydrogens (tertiary/aromatic N) is 1. The number of nitrogens with one attached hydrogen (secondary N) is 3. The molecule has 1 aliphatic rings. The Morgan fingerprint density at radius 1 is 1.00 bits per heavy atom. The maximum absolute atomic E-state index is 13.2. The number of hydrogen-bond donors (Lipinski definition) is 3. The standard InChI is InChI=1S/C30H33BrN4O3S2/c1-30(2,22-6-4-5-20(13-22)19-35-11-9-32-10-12-35)23-16-24(31)18-26(17-23)33-29(36)28-15-21-14-25(34-40(3,37)38)7-8-27(21)39-28/h4-8,13-18,32,34H,9-12,19H2,1-3H3,(H,33,36). The van der Waals surface area contributed by atoms with Crippen molar-refractivity contribution in [3.63, 3.8) is 0 Å². The molecule has 0 bridgehead atoms. The zero-order chi connectivity index (χ0) is 28.5. The lowest BCUT2D eigenvalue weighted by Crippen LogP contribution is -2.42. The van der Waals surface area contributed by atoms with Crippen LogP contribution in [0.3, 0.4) is 0 Å². The SMILES string of the molecule is CC(C)(c1cccc(CN2CCNCC2)c1)c1cc(Br)cc(NC(=O)c2cc3cc(NS(C)(=O)=O)ccc3s2)c1. The lowest BCUT2D eigenvalue weighted by atomic mass is 9.77. The van der Waals surface area contributed by atoms with Gasteiger partial charge >= 0.3 is 0 Å². The third kappa shape index (κ3) is 6.92. The highest BCUT2D eigenvalue weighted by Crippen LogP contribution is 2.36. The first-order chi connectivity index (χ1) is 19.0. The van der Waals surface area contributed by atoms with Crippen LogP contribution in [-0.2, 0) is 22.0 Å². The van der Waals surface area contributed by atoms with Crippen LogP contribution < -0.4 is 15.4 Å². The van der Waals surface area contributed by atoms with E-state index < -0.39 is 10.0 Å². The van der Waals surface area contributed by atoms with E-state index in [1.807, 2.05) is 18.2 Å². The van der Waals surface area contributed by atoms with Crippen molar-refractivity contribution in [3.05, 3.63) is 92.8 Å². The first kappa shape index (κ1) is 28.8. The van der Waals surface area contributed by atoms with Gasteiger partial charge in [-0.15, -0.1) is 11.3 Å². The van der Waals surface area contributed by atoms with E-state index >= 15 is 0 Å². The molecule has 0 radical (unpaired) electrons. The molecule has 4 aromatic rings. The smallest absolute Gasteiger partial charge is 0.265 e. The monoisotopic (exact) mass is 640 g/mol. The number of carbonyl (C=O) groups is 1. The average molecular weight is 642 g/mol. The predicted octanol–water partition coefficient (Wildman–Crippen LogP) is 6.02. The van der Waals surface area contributed by atoms with Crippen LogP contribution >= 0.6 is 27.3 Å². The van der Waals surface area contributed by atoms with Gasteiger partial charge in [-0.1, -0.05) is 54.0 Å². The first-order valence-corrected chi connectivity index (χ1v) is 16.6. The molecule has 1 aromatic heterocycles. The van der Waals surface area contributed by atoms with Crippen LogP contribution in [0.2, 0.25) is 0 Å². The number of rotatable bonds is 8. The Morgan fingerprint density at radius 2 is 1.77 bits per heavy atom. The number of piperazine rings is 1. The van der Waals surface area contributed by atoms with Gasteiger partial charge in [-0.05, 0) is 64.5 Å². The predicted molar refractivity (Wildman–Crippen MR) is 169 cm³/mol. The van der Waals surface area contributed by atoms with Crippen LogP contribution in [0.4, 0.5) is 11.4 Å². The van der Waals surface area contributed by atoms with Crippen LogP contribution in [0.15, 0.2) is 71.2 Å².